The lowest BCUT2D eigenvalue weighted by atomic mass is 10.2. The van der Waals surface area contributed by atoms with Crippen LogP contribution in [-0.2, 0) is 0 Å². The summed E-state index contributed by atoms with van der Waals surface area (Å²) in [6.07, 6.45) is 6.04. The van der Waals surface area contributed by atoms with E-state index < -0.39 is 11.7 Å². The van der Waals surface area contributed by atoms with Crippen molar-refractivity contribution in [2.45, 2.75) is 4.90 Å². The second-order valence-electron chi connectivity index (χ2n) is 4.98. The molecule has 5 nitrogen and oxygen atoms in total. The van der Waals surface area contributed by atoms with Crippen molar-refractivity contribution in [3.8, 4) is 11.6 Å². The molecule has 0 spiro atoms. The van der Waals surface area contributed by atoms with Crippen molar-refractivity contribution in [3.05, 3.63) is 72.4 Å². The van der Waals surface area contributed by atoms with Gasteiger partial charge in [0.15, 0.2) is 0 Å². The molecule has 0 radical (unpaired) electrons. The lowest BCUT2D eigenvalue weighted by Gasteiger charge is -2.11. The van der Waals surface area contributed by atoms with E-state index in [9.17, 15) is 9.18 Å². The SMILES string of the molecule is CSc1cccc(Oc2ncc(F)cc2C(=O)Nc2cccnc2)c1. The van der Waals surface area contributed by atoms with E-state index in [1.807, 2.05) is 24.5 Å². The van der Waals surface area contributed by atoms with Crippen molar-refractivity contribution in [1.82, 2.24) is 9.97 Å². The predicted octanol–water partition coefficient (Wildman–Crippen LogP) is 4.38. The quantitative estimate of drug-likeness (QED) is 0.688. The maximum atomic E-state index is 13.6. The number of thioether (sulfide) groups is 1. The average molecular weight is 355 g/mol. The molecule has 0 aliphatic carbocycles. The molecule has 0 fully saturated rings. The van der Waals surface area contributed by atoms with Gasteiger partial charge in [0, 0.05) is 11.1 Å². The predicted molar refractivity (Wildman–Crippen MR) is 94.7 cm³/mol. The fourth-order valence-electron chi connectivity index (χ4n) is 2.08. The first-order chi connectivity index (χ1) is 12.2. The van der Waals surface area contributed by atoms with Gasteiger partial charge in [-0.15, -0.1) is 11.8 Å². The molecule has 126 valence electrons. The van der Waals surface area contributed by atoms with E-state index in [-0.39, 0.29) is 11.4 Å². The van der Waals surface area contributed by atoms with Gasteiger partial charge in [0.05, 0.1) is 18.1 Å². The van der Waals surface area contributed by atoms with Gasteiger partial charge < -0.3 is 10.1 Å². The zero-order valence-corrected chi connectivity index (χ0v) is 14.1. The highest BCUT2D eigenvalue weighted by atomic mass is 32.2. The summed E-state index contributed by atoms with van der Waals surface area (Å²) < 4.78 is 19.3. The molecule has 0 aliphatic heterocycles. The summed E-state index contributed by atoms with van der Waals surface area (Å²) in [6.45, 7) is 0. The van der Waals surface area contributed by atoms with Gasteiger partial charge in [-0.1, -0.05) is 6.07 Å². The molecule has 3 aromatic rings. The fourth-order valence-corrected chi connectivity index (χ4v) is 2.53. The second-order valence-corrected chi connectivity index (χ2v) is 5.86. The molecular formula is C18H14FN3O2S. The molecule has 0 bridgehead atoms. The molecule has 0 unspecified atom stereocenters. The van der Waals surface area contributed by atoms with Gasteiger partial charge in [-0.05, 0) is 42.7 Å². The number of ether oxygens (including phenoxy) is 1. The van der Waals surface area contributed by atoms with Gasteiger partial charge in [-0.2, -0.15) is 0 Å². The van der Waals surface area contributed by atoms with Crippen LogP contribution in [0.25, 0.3) is 0 Å². The molecule has 25 heavy (non-hydrogen) atoms. The standard InChI is InChI=1S/C18H14FN3O2S/c1-25-15-6-2-5-14(9-15)24-18-16(8-12(19)10-21-18)17(23)22-13-4-3-7-20-11-13/h2-11H,1H3,(H,22,23). The molecule has 2 heterocycles. The third kappa shape index (κ3) is 4.33. The molecular weight excluding hydrogens is 341 g/mol. The van der Waals surface area contributed by atoms with Crippen LogP contribution in [-0.4, -0.2) is 22.1 Å². The van der Waals surface area contributed by atoms with E-state index in [0.29, 0.717) is 11.4 Å². The molecule has 3 rings (SSSR count). The molecule has 7 heteroatoms. The highest BCUT2D eigenvalue weighted by Crippen LogP contribution is 2.27. The Morgan fingerprint density at radius 2 is 2.08 bits per heavy atom. The molecule has 0 saturated carbocycles. The number of carbonyl (C=O) groups is 1. The monoisotopic (exact) mass is 355 g/mol. The Balaban J connectivity index is 1.88. The largest absolute Gasteiger partial charge is 0.438 e. The Morgan fingerprint density at radius 3 is 2.84 bits per heavy atom. The Labute approximate surface area is 148 Å². The van der Waals surface area contributed by atoms with Crippen LogP contribution in [0.2, 0.25) is 0 Å². The number of aromatic nitrogens is 2. The van der Waals surface area contributed by atoms with Crippen molar-refractivity contribution in [2.24, 2.45) is 0 Å². The third-order valence-electron chi connectivity index (χ3n) is 3.24. The first-order valence-corrected chi connectivity index (χ1v) is 8.57. The van der Waals surface area contributed by atoms with E-state index in [2.05, 4.69) is 15.3 Å². The van der Waals surface area contributed by atoms with Crippen LogP contribution >= 0.6 is 11.8 Å². The molecule has 0 aliphatic rings. The van der Waals surface area contributed by atoms with Gasteiger partial charge >= 0.3 is 0 Å². The molecule has 2 aromatic heterocycles. The summed E-state index contributed by atoms with van der Waals surface area (Å²) in [6, 6.07) is 11.8. The number of amides is 1. The van der Waals surface area contributed by atoms with E-state index >= 15 is 0 Å². The number of halogens is 1. The highest BCUT2D eigenvalue weighted by Gasteiger charge is 2.17. The summed E-state index contributed by atoms with van der Waals surface area (Å²) in [5.74, 6) is -0.611. The van der Waals surface area contributed by atoms with Crippen LogP contribution in [0.5, 0.6) is 11.6 Å². The topological polar surface area (TPSA) is 64.1 Å². The number of benzene rings is 1. The summed E-state index contributed by atoms with van der Waals surface area (Å²) in [5.41, 5.74) is 0.491. The van der Waals surface area contributed by atoms with Crippen LogP contribution in [0.4, 0.5) is 10.1 Å². The summed E-state index contributed by atoms with van der Waals surface area (Å²) in [5, 5.41) is 2.64. The minimum atomic E-state index is -0.624. The fraction of sp³-hybridized carbons (Fsp3) is 0.0556. The highest BCUT2D eigenvalue weighted by molar-refractivity contribution is 7.98. The lowest BCUT2D eigenvalue weighted by molar-refractivity contribution is 0.102. The Bertz CT molecular complexity index is 890. The lowest BCUT2D eigenvalue weighted by Crippen LogP contribution is -2.14. The zero-order chi connectivity index (χ0) is 17.6. The number of anilines is 1. The summed E-state index contributed by atoms with van der Waals surface area (Å²) >= 11 is 1.56. The van der Waals surface area contributed by atoms with Crippen molar-refractivity contribution in [2.75, 3.05) is 11.6 Å². The minimum absolute atomic E-state index is 0.00147. The number of hydrogen-bond donors (Lipinski definition) is 1. The van der Waals surface area contributed by atoms with Gasteiger partial charge in [0.1, 0.15) is 17.1 Å². The summed E-state index contributed by atoms with van der Waals surface area (Å²) in [7, 11) is 0. The molecule has 1 amide bonds. The molecule has 1 N–H and O–H groups in total. The van der Waals surface area contributed by atoms with Crippen molar-refractivity contribution in [3.63, 3.8) is 0 Å². The Morgan fingerprint density at radius 1 is 1.20 bits per heavy atom. The van der Waals surface area contributed by atoms with E-state index in [4.69, 9.17) is 4.74 Å². The van der Waals surface area contributed by atoms with Crippen LogP contribution in [0.3, 0.4) is 0 Å². The van der Waals surface area contributed by atoms with Gasteiger partial charge in [-0.3, -0.25) is 9.78 Å². The number of nitrogens with one attached hydrogen (secondary N) is 1. The van der Waals surface area contributed by atoms with Crippen LogP contribution in [0, 0.1) is 5.82 Å². The number of nitrogens with zero attached hydrogens (tertiary/aromatic N) is 2. The maximum absolute atomic E-state index is 13.6. The normalized spacial score (nSPS) is 10.3. The van der Waals surface area contributed by atoms with Gasteiger partial charge in [0.25, 0.3) is 5.91 Å². The average Bonchev–Trinajstić information content (AvgIpc) is 2.64. The number of pyridine rings is 2. The van der Waals surface area contributed by atoms with Crippen LogP contribution in [0.15, 0.2) is 66.0 Å². The number of hydrogen-bond acceptors (Lipinski definition) is 5. The molecule has 0 atom stereocenters. The zero-order valence-electron chi connectivity index (χ0n) is 13.3. The first-order valence-electron chi connectivity index (χ1n) is 7.34. The van der Waals surface area contributed by atoms with Crippen LogP contribution in [0.1, 0.15) is 10.4 Å². The number of rotatable bonds is 5. The molecule has 1 aromatic carbocycles. The van der Waals surface area contributed by atoms with Crippen molar-refractivity contribution >= 4 is 23.4 Å². The van der Waals surface area contributed by atoms with Crippen LogP contribution < -0.4 is 10.1 Å². The smallest absolute Gasteiger partial charge is 0.261 e. The second kappa shape index (κ2) is 7.76. The maximum Gasteiger partial charge on any atom is 0.261 e. The Hall–Kier alpha value is -2.93. The molecule has 0 saturated heterocycles. The van der Waals surface area contributed by atoms with Crippen molar-refractivity contribution in [1.29, 1.82) is 0 Å². The minimum Gasteiger partial charge on any atom is -0.438 e. The summed E-state index contributed by atoms with van der Waals surface area (Å²) in [4.78, 5) is 21.3. The van der Waals surface area contributed by atoms with Gasteiger partial charge in [0.2, 0.25) is 5.88 Å². The first kappa shape index (κ1) is 16.9. The van der Waals surface area contributed by atoms with E-state index in [1.165, 1.54) is 6.20 Å². The third-order valence-corrected chi connectivity index (χ3v) is 3.96. The van der Waals surface area contributed by atoms with Crippen molar-refractivity contribution < 1.29 is 13.9 Å². The van der Waals surface area contributed by atoms with Gasteiger partial charge in [-0.25, -0.2) is 9.37 Å². The number of carbonyl (C=O) groups excluding carboxylic acids is 1. The van der Waals surface area contributed by atoms with E-state index in [1.54, 1.807) is 36.2 Å². The van der Waals surface area contributed by atoms with E-state index in [0.717, 1.165) is 17.2 Å². The Kier molecular flexibility index (Phi) is 5.25.